The van der Waals surface area contributed by atoms with Gasteiger partial charge in [-0.25, -0.2) is 4.79 Å². The van der Waals surface area contributed by atoms with Gasteiger partial charge in [0.05, 0.1) is 7.11 Å². The van der Waals surface area contributed by atoms with E-state index < -0.39 is 0 Å². The van der Waals surface area contributed by atoms with E-state index in [1.54, 1.807) is 13.3 Å². The van der Waals surface area contributed by atoms with Crippen LogP contribution in [0.15, 0.2) is 48.7 Å². The molecule has 0 fully saturated rings. The number of amides is 2. The highest BCUT2D eigenvalue weighted by molar-refractivity contribution is 5.91. The zero-order valence-corrected chi connectivity index (χ0v) is 13.0. The van der Waals surface area contributed by atoms with Gasteiger partial charge in [0.1, 0.15) is 5.75 Å². The number of hydrogen-bond acceptors (Lipinski definition) is 2. The minimum Gasteiger partial charge on any atom is -0.497 e. The summed E-state index contributed by atoms with van der Waals surface area (Å²) in [6, 6.07) is 13.2. The van der Waals surface area contributed by atoms with Crippen molar-refractivity contribution in [3.63, 3.8) is 0 Å². The van der Waals surface area contributed by atoms with Gasteiger partial charge in [-0.1, -0.05) is 30.3 Å². The molecule has 2 aromatic carbocycles. The molecule has 2 aromatic rings. The van der Waals surface area contributed by atoms with Gasteiger partial charge < -0.3 is 15.4 Å². The smallest absolute Gasteiger partial charge is 0.323 e. The lowest BCUT2D eigenvalue weighted by Crippen LogP contribution is -2.24. The van der Waals surface area contributed by atoms with E-state index in [4.69, 9.17) is 4.74 Å². The van der Waals surface area contributed by atoms with Crippen LogP contribution >= 0.6 is 0 Å². The summed E-state index contributed by atoms with van der Waals surface area (Å²) in [6.45, 7) is 3.94. The van der Waals surface area contributed by atoms with Gasteiger partial charge in [0.2, 0.25) is 0 Å². The number of rotatable bonds is 4. The number of urea groups is 1. The van der Waals surface area contributed by atoms with E-state index in [9.17, 15) is 4.79 Å². The van der Waals surface area contributed by atoms with Gasteiger partial charge in [-0.15, -0.1) is 0 Å². The molecular weight excluding hydrogens is 276 g/mol. The van der Waals surface area contributed by atoms with E-state index in [-0.39, 0.29) is 6.03 Å². The molecule has 0 aliphatic rings. The van der Waals surface area contributed by atoms with Gasteiger partial charge >= 0.3 is 6.03 Å². The number of ether oxygens (including phenoxy) is 1. The molecule has 4 nitrogen and oxygen atoms in total. The number of methoxy groups -OCH3 is 1. The SMILES string of the molecule is COc1ccc(/C=C/NC(=O)Nc2c(C)cccc2C)cc1. The molecule has 4 heteroatoms. The number of carbonyl (C=O) groups excluding carboxylic acids is 1. The summed E-state index contributed by atoms with van der Waals surface area (Å²) in [7, 11) is 1.63. The minimum absolute atomic E-state index is 0.262. The van der Waals surface area contributed by atoms with Gasteiger partial charge in [-0.3, -0.25) is 0 Å². The van der Waals surface area contributed by atoms with Crippen molar-refractivity contribution in [3.05, 3.63) is 65.4 Å². The molecule has 22 heavy (non-hydrogen) atoms. The number of hydrogen-bond donors (Lipinski definition) is 2. The maximum atomic E-state index is 11.9. The van der Waals surface area contributed by atoms with Crippen molar-refractivity contribution < 1.29 is 9.53 Å². The third-order valence-electron chi connectivity index (χ3n) is 3.33. The Labute approximate surface area is 130 Å². The number of benzene rings is 2. The van der Waals surface area contributed by atoms with Crippen molar-refractivity contribution in [3.8, 4) is 5.75 Å². The van der Waals surface area contributed by atoms with Crippen LogP contribution in [-0.4, -0.2) is 13.1 Å². The quantitative estimate of drug-likeness (QED) is 0.892. The standard InChI is InChI=1S/C18H20N2O2/c1-13-5-4-6-14(2)17(13)20-18(21)19-12-11-15-7-9-16(22-3)10-8-15/h4-12H,1-3H3,(H2,19,20,21)/b12-11+. The lowest BCUT2D eigenvalue weighted by atomic mass is 10.1. The Balaban J connectivity index is 1.93. The molecule has 2 amide bonds. The largest absolute Gasteiger partial charge is 0.497 e. The van der Waals surface area contributed by atoms with E-state index in [2.05, 4.69) is 10.6 Å². The topological polar surface area (TPSA) is 50.4 Å². The van der Waals surface area contributed by atoms with Crippen LogP contribution in [0.2, 0.25) is 0 Å². The van der Waals surface area contributed by atoms with Crippen molar-refractivity contribution >= 4 is 17.8 Å². The van der Waals surface area contributed by atoms with E-state index in [1.165, 1.54) is 0 Å². The predicted octanol–water partition coefficient (Wildman–Crippen LogP) is 4.10. The molecule has 0 saturated carbocycles. The van der Waals surface area contributed by atoms with Crippen molar-refractivity contribution in [1.29, 1.82) is 0 Å². The van der Waals surface area contributed by atoms with Crippen molar-refractivity contribution in [2.24, 2.45) is 0 Å². The molecule has 0 radical (unpaired) electrons. The molecule has 0 saturated heterocycles. The van der Waals surface area contributed by atoms with Crippen LogP contribution in [-0.2, 0) is 0 Å². The Hall–Kier alpha value is -2.75. The monoisotopic (exact) mass is 296 g/mol. The highest BCUT2D eigenvalue weighted by atomic mass is 16.5. The number of carbonyl (C=O) groups is 1. The summed E-state index contributed by atoms with van der Waals surface area (Å²) in [5.74, 6) is 0.804. The van der Waals surface area contributed by atoms with Gasteiger partial charge in [0, 0.05) is 11.9 Å². The summed E-state index contributed by atoms with van der Waals surface area (Å²) < 4.78 is 5.10. The first kappa shape index (κ1) is 15.6. The first-order chi connectivity index (χ1) is 10.6. The first-order valence-electron chi connectivity index (χ1n) is 7.04. The van der Waals surface area contributed by atoms with Gasteiger partial charge in [-0.05, 0) is 48.7 Å². The molecule has 0 atom stereocenters. The number of aryl methyl sites for hydroxylation is 2. The second-order valence-electron chi connectivity index (χ2n) is 4.97. The highest BCUT2D eigenvalue weighted by Crippen LogP contribution is 2.19. The second-order valence-corrected chi connectivity index (χ2v) is 4.97. The molecule has 2 rings (SSSR count). The lowest BCUT2D eigenvalue weighted by molar-refractivity contribution is 0.255. The molecule has 0 heterocycles. The number of anilines is 1. The summed E-state index contributed by atoms with van der Waals surface area (Å²) in [5.41, 5.74) is 3.90. The average Bonchev–Trinajstić information content (AvgIpc) is 2.52. The second kappa shape index (κ2) is 7.31. The Morgan fingerprint density at radius 3 is 2.27 bits per heavy atom. The van der Waals surface area contributed by atoms with E-state index >= 15 is 0 Å². The van der Waals surface area contributed by atoms with Gasteiger partial charge in [0.25, 0.3) is 0 Å². The zero-order valence-electron chi connectivity index (χ0n) is 13.0. The highest BCUT2D eigenvalue weighted by Gasteiger charge is 2.05. The van der Waals surface area contributed by atoms with Gasteiger partial charge in [-0.2, -0.15) is 0 Å². The normalized spacial score (nSPS) is 10.5. The minimum atomic E-state index is -0.262. The fourth-order valence-electron chi connectivity index (χ4n) is 2.09. The number of nitrogens with one attached hydrogen (secondary N) is 2. The first-order valence-corrected chi connectivity index (χ1v) is 7.04. The summed E-state index contributed by atoms with van der Waals surface area (Å²) in [5, 5.41) is 5.56. The fraction of sp³-hybridized carbons (Fsp3) is 0.167. The third-order valence-corrected chi connectivity index (χ3v) is 3.33. The van der Waals surface area contributed by atoms with Crippen LogP contribution in [0.4, 0.5) is 10.5 Å². The molecule has 0 bridgehead atoms. The number of para-hydroxylation sites is 1. The molecule has 0 aliphatic heterocycles. The van der Waals surface area contributed by atoms with Crippen molar-refractivity contribution in [2.75, 3.05) is 12.4 Å². The van der Waals surface area contributed by atoms with Crippen LogP contribution in [0.25, 0.3) is 6.08 Å². The molecule has 0 aliphatic carbocycles. The Morgan fingerprint density at radius 1 is 1.05 bits per heavy atom. The Bertz CT molecular complexity index is 656. The molecule has 0 spiro atoms. The molecule has 114 valence electrons. The molecular formula is C18H20N2O2. The molecule has 2 N–H and O–H groups in total. The van der Waals surface area contributed by atoms with Crippen molar-refractivity contribution in [1.82, 2.24) is 5.32 Å². The van der Waals surface area contributed by atoms with E-state index in [0.29, 0.717) is 0 Å². The maximum absolute atomic E-state index is 11.9. The Morgan fingerprint density at radius 2 is 1.68 bits per heavy atom. The Kier molecular flexibility index (Phi) is 5.20. The van der Waals surface area contributed by atoms with Crippen LogP contribution in [0.5, 0.6) is 5.75 Å². The van der Waals surface area contributed by atoms with Crippen LogP contribution in [0.1, 0.15) is 16.7 Å². The van der Waals surface area contributed by atoms with E-state index in [1.807, 2.05) is 62.4 Å². The average molecular weight is 296 g/mol. The van der Waals surface area contributed by atoms with E-state index in [0.717, 1.165) is 28.1 Å². The fourth-order valence-corrected chi connectivity index (χ4v) is 2.09. The molecule has 0 unspecified atom stereocenters. The third kappa shape index (κ3) is 4.12. The lowest BCUT2D eigenvalue weighted by Gasteiger charge is -2.10. The zero-order chi connectivity index (χ0) is 15.9. The summed E-state index contributed by atoms with van der Waals surface area (Å²) in [6.07, 6.45) is 3.44. The van der Waals surface area contributed by atoms with Crippen molar-refractivity contribution in [2.45, 2.75) is 13.8 Å². The van der Waals surface area contributed by atoms with Crippen LogP contribution < -0.4 is 15.4 Å². The maximum Gasteiger partial charge on any atom is 0.323 e. The predicted molar refractivity (Wildman–Crippen MR) is 90.1 cm³/mol. The van der Waals surface area contributed by atoms with Crippen LogP contribution in [0, 0.1) is 13.8 Å². The summed E-state index contributed by atoms with van der Waals surface area (Å²) >= 11 is 0. The summed E-state index contributed by atoms with van der Waals surface area (Å²) in [4.78, 5) is 11.9. The van der Waals surface area contributed by atoms with Gasteiger partial charge in [0.15, 0.2) is 0 Å². The van der Waals surface area contributed by atoms with Crippen LogP contribution in [0.3, 0.4) is 0 Å². The molecule has 0 aromatic heterocycles.